The highest BCUT2D eigenvalue weighted by Gasteiger charge is 2.10. The van der Waals surface area contributed by atoms with E-state index in [1.54, 1.807) is 10.7 Å². The second kappa shape index (κ2) is 6.07. The summed E-state index contributed by atoms with van der Waals surface area (Å²) in [7, 11) is 3.99. The van der Waals surface area contributed by atoms with Gasteiger partial charge in [0.1, 0.15) is 5.52 Å². The van der Waals surface area contributed by atoms with Crippen molar-refractivity contribution in [2.45, 2.75) is 0 Å². The second-order valence-corrected chi connectivity index (χ2v) is 5.09. The zero-order valence-electron chi connectivity index (χ0n) is 12.4. The lowest BCUT2D eigenvalue weighted by Crippen LogP contribution is -2.11. The van der Waals surface area contributed by atoms with E-state index < -0.39 is 5.91 Å². The van der Waals surface area contributed by atoms with Crippen LogP contribution in [-0.4, -0.2) is 29.8 Å². The molecule has 22 heavy (non-hydrogen) atoms. The molecule has 0 spiro atoms. The molecule has 0 unspecified atom stereocenters. The minimum Gasteiger partial charge on any atom is -0.378 e. The molecule has 2 aromatic carbocycles. The lowest BCUT2D eigenvalue weighted by Gasteiger charge is -2.12. The number of halogens is 1. The maximum absolute atomic E-state index is 11.4. The third kappa shape index (κ3) is 2.76. The van der Waals surface area contributed by atoms with Crippen LogP contribution in [0.25, 0.3) is 16.6 Å². The van der Waals surface area contributed by atoms with Gasteiger partial charge in [-0.2, -0.15) is 5.10 Å². The molecule has 0 fully saturated rings. The molecule has 5 nitrogen and oxygen atoms in total. The third-order valence-corrected chi connectivity index (χ3v) is 3.43. The van der Waals surface area contributed by atoms with Crippen LogP contribution in [0.3, 0.4) is 0 Å². The Morgan fingerprint density at radius 2 is 1.82 bits per heavy atom. The fourth-order valence-corrected chi connectivity index (χ4v) is 2.28. The fourth-order valence-electron chi connectivity index (χ4n) is 2.28. The van der Waals surface area contributed by atoms with Gasteiger partial charge in [0.2, 0.25) is 0 Å². The molecule has 0 saturated carbocycles. The summed E-state index contributed by atoms with van der Waals surface area (Å²) in [4.78, 5) is 13.5. The predicted molar refractivity (Wildman–Crippen MR) is 91.2 cm³/mol. The Kier molecular flexibility index (Phi) is 4.37. The summed E-state index contributed by atoms with van der Waals surface area (Å²) in [5.74, 6) is -0.464. The highest BCUT2D eigenvalue weighted by Crippen LogP contribution is 2.20. The molecule has 0 atom stereocenters. The number of aromatic nitrogens is 2. The summed E-state index contributed by atoms with van der Waals surface area (Å²) < 4.78 is 1.76. The predicted octanol–water partition coefficient (Wildman–Crippen LogP) is 2.61. The first-order valence-electron chi connectivity index (χ1n) is 6.62. The SMILES string of the molecule is CN(C)c1ccc(-n2cc3cccc(C(N)=O)c3n2)cc1.Cl. The Hall–Kier alpha value is -2.53. The van der Waals surface area contributed by atoms with Crippen LogP contribution in [-0.2, 0) is 0 Å². The minimum atomic E-state index is -0.464. The number of nitrogens with zero attached hydrogens (tertiary/aromatic N) is 3. The summed E-state index contributed by atoms with van der Waals surface area (Å²) in [5.41, 5.74) is 8.51. The van der Waals surface area contributed by atoms with Crippen molar-refractivity contribution in [1.82, 2.24) is 9.78 Å². The van der Waals surface area contributed by atoms with E-state index in [0.717, 1.165) is 16.8 Å². The molecule has 2 N–H and O–H groups in total. The van der Waals surface area contributed by atoms with Crippen LogP contribution in [0.1, 0.15) is 10.4 Å². The van der Waals surface area contributed by atoms with Crippen molar-refractivity contribution in [2.75, 3.05) is 19.0 Å². The normalized spacial score (nSPS) is 10.3. The van der Waals surface area contributed by atoms with Crippen LogP contribution in [0.15, 0.2) is 48.7 Å². The molecular formula is C16H17ClN4O. The van der Waals surface area contributed by atoms with Crippen LogP contribution >= 0.6 is 12.4 Å². The second-order valence-electron chi connectivity index (χ2n) is 5.09. The number of amides is 1. The highest BCUT2D eigenvalue weighted by molar-refractivity contribution is 6.04. The van der Waals surface area contributed by atoms with E-state index in [4.69, 9.17) is 5.73 Å². The lowest BCUT2D eigenvalue weighted by molar-refractivity contribution is 0.100. The molecule has 0 aliphatic rings. The zero-order valence-corrected chi connectivity index (χ0v) is 13.2. The number of rotatable bonds is 3. The van der Waals surface area contributed by atoms with Crippen molar-refractivity contribution in [3.8, 4) is 5.69 Å². The summed E-state index contributed by atoms with van der Waals surface area (Å²) in [6, 6.07) is 13.4. The quantitative estimate of drug-likeness (QED) is 0.808. The Labute approximate surface area is 134 Å². The summed E-state index contributed by atoms with van der Waals surface area (Å²) in [6.07, 6.45) is 1.90. The van der Waals surface area contributed by atoms with Crippen LogP contribution in [0.5, 0.6) is 0 Å². The van der Waals surface area contributed by atoms with Crippen molar-refractivity contribution < 1.29 is 4.79 Å². The third-order valence-electron chi connectivity index (χ3n) is 3.43. The molecule has 6 heteroatoms. The van der Waals surface area contributed by atoms with Crippen LogP contribution in [0.2, 0.25) is 0 Å². The van der Waals surface area contributed by atoms with Crippen LogP contribution in [0, 0.1) is 0 Å². The first kappa shape index (κ1) is 15.9. The number of fused-ring (bicyclic) bond motifs is 1. The first-order chi connectivity index (χ1) is 10.1. The van der Waals surface area contributed by atoms with Gasteiger partial charge in [0.15, 0.2) is 0 Å². The standard InChI is InChI=1S/C16H16N4O.ClH/c1-19(2)12-6-8-13(9-7-12)20-10-11-4-3-5-14(16(17)21)15(11)18-20;/h3-10H,1-2H3,(H2,17,21);1H. The maximum Gasteiger partial charge on any atom is 0.250 e. The van der Waals surface area contributed by atoms with Gasteiger partial charge in [-0.3, -0.25) is 4.79 Å². The highest BCUT2D eigenvalue weighted by atomic mass is 35.5. The topological polar surface area (TPSA) is 64.2 Å². The fraction of sp³-hybridized carbons (Fsp3) is 0.125. The zero-order chi connectivity index (χ0) is 15.0. The van der Waals surface area contributed by atoms with Crippen LogP contribution in [0.4, 0.5) is 5.69 Å². The maximum atomic E-state index is 11.4. The Morgan fingerprint density at radius 3 is 2.41 bits per heavy atom. The van der Waals surface area contributed by atoms with Gasteiger partial charge in [-0.25, -0.2) is 4.68 Å². The number of hydrogen-bond donors (Lipinski definition) is 1. The summed E-state index contributed by atoms with van der Waals surface area (Å²) in [5, 5.41) is 5.37. The van der Waals surface area contributed by atoms with Crippen molar-refractivity contribution >= 4 is 34.9 Å². The van der Waals surface area contributed by atoms with Gasteiger partial charge in [-0.15, -0.1) is 12.4 Å². The number of carbonyl (C=O) groups is 1. The molecule has 1 heterocycles. The van der Waals surface area contributed by atoms with Crippen molar-refractivity contribution in [2.24, 2.45) is 5.73 Å². The molecule has 0 bridgehead atoms. The molecule has 3 aromatic rings. The molecule has 1 aromatic heterocycles. The molecule has 3 rings (SSSR count). The van der Waals surface area contributed by atoms with Gasteiger partial charge < -0.3 is 10.6 Å². The van der Waals surface area contributed by atoms with Crippen molar-refractivity contribution in [3.05, 3.63) is 54.2 Å². The Bertz CT molecular complexity index is 809. The van der Waals surface area contributed by atoms with Gasteiger partial charge in [0, 0.05) is 31.4 Å². The molecule has 0 saturated heterocycles. The van der Waals surface area contributed by atoms with Crippen molar-refractivity contribution in [1.29, 1.82) is 0 Å². The van der Waals surface area contributed by atoms with E-state index in [9.17, 15) is 4.79 Å². The van der Waals surface area contributed by atoms with E-state index in [-0.39, 0.29) is 12.4 Å². The molecule has 0 aliphatic heterocycles. The summed E-state index contributed by atoms with van der Waals surface area (Å²) >= 11 is 0. The monoisotopic (exact) mass is 316 g/mol. The Balaban J connectivity index is 0.00000176. The first-order valence-corrected chi connectivity index (χ1v) is 6.62. The lowest BCUT2D eigenvalue weighted by atomic mass is 10.1. The van der Waals surface area contributed by atoms with Crippen molar-refractivity contribution in [3.63, 3.8) is 0 Å². The molecule has 1 amide bonds. The van der Waals surface area contributed by atoms with Crippen LogP contribution < -0.4 is 10.6 Å². The van der Waals surface area contributed by atoms with E-state index in [2.05, 4.69) is 5.10 Å². The van der Waals surface area contributed by atoms with Gasteiger partial charge in [0.05, 0.1) is 11.3 Å². The van der Waals surface area contributed by atoms with Gasteiger partial charge in [-0.05, 0) is 30.3 Å². The largest absolute Gasteiger partial charge is 0.378 e. The molecule has 0 radical (unpaired) electrons. The smallest absolute Gasteiger partial charge is 0.250 e. The van der Waals surface area contributed by atoms with E-state index in [0.29, 0.717) is 11.1 Å². The minimum absolute atomic E-state index is 0. The average Bonchev–Trinajstić information content (AvgIpc) is 2.90. The number of nitrogens with two attached hydrogens (primary N) is 1. The average molecular weight is 317 g/mol. The number of primary amides is 1. The number of benzene rings is 2. The van der Waals surface area contributed by atoms with E-state index >= 15 is 0 Å². The van der Waals surface area contributed by atoms with Gasteiger partial charge >= 0.3 is 0 Å². The van der Waals surface area contributed by atoms with E-state index in [1.165, 1.54) is 0 Å². The molecule has 0 aliphatic carbocycles. The number of hydrogen-bond acceptors (Lipinski definition) is 3. The summed E-state index contributed by atoms with van der Waals surface area (Å²) in [6.45, 7) is 0. The molecular weight excluding hydrogens is 300 g/mol. The Morgan fingerprint density at radius 1 is 1.14 bits per heavy atom. The van der Waals surface area contributed by atoms with Gasteiger partial charge in [0.25, 0.3) is 5.91 Å². The number of carbonyl (C=O) groups excluding carboxylic acids is 1. The molecule has 114 valence electrons. The van der Waals surface area contributed by atoms with E-state index in [1.807, 2.05) is 61.6 Å². The number of anilines is 1. The van der Waals surface area contributed by atoms with Gasteiger partial charge in [-0.1, -0.05) is 12.1 Å².